The van der Waals surface area contributed by atoms with E-state index in [2.05, 4.69) is 10.6 Å². The van der Waals surface area contributed by atoms with Crippen LogP contribution in [0.25, 0.3) is 0 Å². The van der Waals surface area contributed by atoms with Crippen molar-refractivity contribution in [2.24, 2.45) is 11.5 Å². The molecule has 0 bridgehead atoms. The predicted octanol–water partition coefficient (Wildman–Crippen LogP) is -12.3. The lowest BCUT2D eigenvalue weighted by Crippen LogP contribution is -3.00. The van der Waals surface area contributed by atoms with Gasteiger partial charge < -0.3 is 71.7 Å². The van der Waals surface area contributed by atoms with Gasteiger partial charge in [-0.25, -0.2) is 0 Å². The molecule has 0 aliphatic heterocycles. The van der Waals surface area contributed by atoms with E-state index in [1.807, 2.05) is 0 Å². The molecule has 0 rings (SSSR count). The molecule has 0 fully saturated rings. The van der Waals surface area contributed by atoms with E-state index in [1.54, 1.807) is 0 Å². The first kappa shape index (κ1) is 31.4. The van der Waals surface area contributed by atoms with Gasteiger partial charge in [0, 0.05) is 0 Å². The van der Waals surface area contributed by atoms with E-state index in [0.29, 0.717) is 0 Å². The molecule has 0 saturated carbocycles. The number of unbranched alkanes of at least 4 members (excludes halogenated alkanes) is 1. The fourth-order valence-corrected chi connectivity index (χ4v) is 1.20. The fraction of sp³-hybridized carbons (Fsp3) is 1.00. The van der Waals surface area contributed by atoms with Crippen LogP contribution in [-0.4, -0.2) is 39.3 Å². The van der Waals surface area contributed by atoms with Crippen LogP contribution in [-0.2, 0) is 0 Å². The van der Waals surface area contributed by atoms with Crippen molar-refractivity contribution in [1.82, 2.24) is 10.6 Å². The van der Waals surface area contributed by atoms with Crippen molar-refractivity contribution in [3.63, 3.8) is 0 Å². The van der Waals surface area contributed by atoms with Crippen molar-refractivity contribution < 1.29 is 49.6 Å². The summed E-state index contributed by atoms with van der Waals surface area (Å²) in [7, 11) is 0. The van der Waals surface area contributed by atoms with E-state index in [9.17, 15) is 0 Å². The monoisotopic (exact) mass is 342 g/mol. The predicted molar refractivity (Wildman–Crippen MR) is 62.3 cm³/mol. The van der Waals surface area contributed by atoms with E-state index in [-0.39, 0.29) is 49.6 Å². The highest BCUT2D eigenvalue weighted by Gasteiger charge is 1.89. The smallest absolute Gasteiger partial charge is 0.00369 e. The zero-order valence-corrected chi connectivity index (χ0v) is 13.8. The van der Waals surface area contributed by atoms with Crippen LogP contribution in [0.15, 0.2) is 0 Å². The van der Waals surface area contributed by atoms with Gasteiger partial charge in [0.25, 0.3) is 0 Å². The molecule has 0 amide bonds. The van der Waals surface area contributed by atoms with E-state index in [4.69, 9.17) is 11.5 Å². The van der Waals surface area contributed by atoms with Gasteiger partial charge in [-0.3, -0.25) is 0 Å². The van der Waals surface area contributed by atoms with Crippen LogP contribution in [0.4, 0.5) is 0 Å². The molecule has 4 nitrogen and oxygen atoms in total. The molecule has 0 radical (unpaired) electrons. The van der Waals surface area contributed by atoms with Crippen molar-refractivity contribution in [3.8, 4) is 0 Å². The van der Waals surface area contributed by atoms with E-state index in [0.717, 1.165) is 52.1 Å². The van der Waals surface area contributed by atoms with Crippen LogP contribution in [0.3, 0.4) is 0 Å². The largest absolute Gasteiger partial charge is 1.00 e. The third kappa shape index (κ3) is 30.2. The van der Waals surface area contributed by atoms with Crippen LogP contribution in [0, 0.1) is 0 Å². The van der Waals surface area contributed by atoms with E-state index in [1.165, 1.54) is 12.8 Å². The molecule has 0 atom stereocenters. The Balaban J connectivity index is -0.000000141. The molecular weight excluding hydrogens is 318 g/mol. The summed E-state index contributed by atoms with van der Waals surface area (Å²) in [6.07, 6.45) is 4.63. The maximum atomic E-state index is 5.38. The van der Waals surface area contributed by atoms with Crippen molar-refractivity contribution in [2.45, 2.75) is 25.7 Å². The van der Waals surface area contributed by atoms with Gasteiger partial charge in [0.1, 0.15) is 0 Å². The minimum atomic E-state index is 0. The molecule has 8 heteroatoms. The SMILES string of the molecule is NCCCNCCCCNCCCN.[Cl-].[Cl-].[Cl-].[Cl-]. The van der Waals surface area contributed by atoms with Crippen molar-refractivity contribution in [2.75, 3.05) is 39.3 Å². The van der Waals surface area contributed by atoms with Crippen LogP contribution < -0.4 is 71.7 Å². The van der Waals surface area contributed by atoms with Crippen molar-refractivity contribution in [3.05, 3.63) is 0 Å². The van der Waals surface area contributed by atoms with Gasteiger partial charge in [0.2, 0.25) is 0 Å². The molecular formula is C10H26Cl4N4-4. The summed E-state index contributed by atoms with van der Waals surface area (Å²) in [5.41, 5.74) is 10.8. The van der Waals surface area contributed by atoms with Gasteiger partial charge in [0.05, 0.1) is 0 Å². The summed E-state index contributed by atoms with van der Waals surface area (Å²) >= 11 is 0. The molecule has 0 aliphatic rings. The second-order valence-electron chi connectivity index (χ2n) is 3.49. The Morgan fingerprint density at radius 1 is 0.500 bits per heavy atom. The van der Waals surface area contributed by atoms with Crippen LogP contribution in [0.1, 0.15) is 25.7 Å². The highest BCUT2D eigenvalue weighted by atomic mass is 35.5. The molecule has 0 heterocycles. The Kier molecular flexibility index (Phi) is 53.7. The first-order valence-electron chi connectivity index (χ1n) is 5.73. The van der Waals surface area contributed by atoms with E-state index < -0.39 is 0 Å². The normalized spacial score (nSPS) is 8.33. The van der Waals surface area contributed by atoms with Gasteiger partial charge in [-0.2, -0.15) is 0 Å². The highest BCUT2D eigenvalue weighted by Crippen LogP contribution is 1.84. The van der Waals surface area contributed by atoms with Gasteiger partial charge in [-0.15, -0.1) is 0 Å². The molecule has 0 saturated heterocycles. The number of rotatable bonds is 11. The summed E-state index contributed by atoms with van der Waals surface area (Å²) in [5, 5.41) is 6.72. The Morgan fingerprint density at radius 3 is 1.06 bits per heavy atom. The van der Waals surface area contributed by atoms with Crippen LogP contribution in [0.2, 0.25) is 0 Å². The summed E-state index contributed by atoms with van der Waals surface area (Å²) in [4.78, 5) is 0. The van der Waals surface area contributed by atoms with Gasteiger partial charge in [-0.1, -0.05) is 0 Å². The maximum Gasteiger partial charge on any atom is -0.00369 e. The Labute approximate surface area is 136 Å². The number of hydrogen-bond acceptors (Lipinski definition) is 4. The molecule has 0 aromatic carbocycles. The summed E-state index contributed by atoms with van der Waals surface area (Å²) < 4.78 is 0. The highest BCUT2D eigenvalue weighted by molar-refractivity contribution is 4.52. The minimum absolute atomic E-state index is 0. The summed E-state index contributed by atoms with van der Waals surface area (Å²) in [6.45, 7) is 5.90. The standard InChI is InChI=1S/C10H26N4.4ClH/c11-5-3-9-13-7-1-2-8-14-10-4-6-12;;;;/h13-14H,1-12H2;4*1H/p-4. The number of nitrogens with two attached hydrogens (primary N) is 2. The van der Waals surface area contributed by atoms with Crippen LogP contribution in [0.5, 0.6) is 0 Å². The fourth-order valence-electron chi connectivity index (χ4n) is 1.20. The molecule has 6 N–H and O–H groups in total. The Bertz CT molecular complexity index is 99.9. The maximum absolute atomic E-state index is 5.38. The lowest BCUT2D eigenvalue weighted by Gasteiger charge is -2.04. The van der Waals surface area contributed by atoms with Crippen molar-refractivity contribution >= 4 is 0 Å². The number of halogens is 4. The third-order valence-corrected chi connectivity index (χ3v) is 2.07. The summed E-state index contributed by atoms with van der Waals surface area (Å²) in [5.74, 6) is 0. The average molecular weight is 344 g/mol. The molecule has 0 aliphatic carbocycles. The molecule has 0 aromatic heterocycles. The first-order valence-corrected chi connectivity index (χ1v) is 5.73. The van der Waals surface area contributed by atoms with Gasteiger partial charge in [0.15, 0.2) is 0 Å². The molecule has 0 unspecified atom stereocenters. The second kappa shape index (κ2) is 30.8. The lowest BCUT2D eigenvalue weighted by molar-refractivity contribution is -0.00100. The van der Waals surface area contributed by atoms with E-state index >= 15 is 0 Å². The summed E-state index contributed by atoms with van der Waals surface area (Å²) in [6, 6.07) is 0. The zero-order valence-electron chi connectivity index (χ0n) is 10.7. The molecule has 118 valence electrons. The third-order valence-electron chi connectivity index (χ3n) is 2.07. The lowest BCUT2D eigenvalue weighted by atomic mass is 10.3. The second-order valence-corrected chi connectivity index (χ2v) is 3.49. The van der Waals surface area contributed by atoms with Gasteiger partial charge >= 0.3 is 0 Å². The van der Waals surface area contributed by atoms with Gasteiger partial charge in [-0.05, 0) is 65.0 Å². The topological polar surface area (TPSA) is 76.1 Å². The molecule has 18 heavy (non-hydrogen) atoms. The van der Waals surface area contributed by atoms with Crippen LogP contribution >= 0.6 is 0 Å². The van der Waals surface area contributed by atoms with Crippen molar-refractivity contribution in [1.29, 1.82) is 0 Å². The number of hydrogen-bond donors (Lipinski definition) is 4. The Morgan fingerprint density at radius 2 is 0.778 bits per heavy atom. The first-order chi connectivity index (χ1) is 6.91. The molecule has 0 aromatic rings. The average Bonchev–Trinajstić information content (AvgIpc) is 2.21. The molecule has 0 spiro atoms. The quantitative estimate of drug-likeness (QED) is 0.281. The Hall–Kier alpha value is 1.00. The number of nitrogens with one attached hydrogen (secondary N) is 2. The minimum Gasteiger partial charge on any atom is -1.00 e. The zero-order chi connectivity index (χ0) is 10.5.